The van der Waals surface area contributed by atoms with E-state index in [1.165, 1.54) is 0 Å². The lowest BCUT2D eigenvalue weighted by Gasteiger charge is -2.37. The fourth-order valence-electron chi connectivity index (χ4n) is 5.36. The quantitative estimate of drug-likeness (QED) is 0.309. The van der Waals surface area contributed by atoms with Gasteiger partial charge in [-0.1, -0.05) is 72.8 Å². The maximum atomic E-state index is 13.4. The highest BCUT2D eigenvalue weighted by Gasteiger charge is 2.37. The molecule has 2 N–H and O–H groups in total. The van der Waals surface area contributed by atoms with Crippen molar-refractivity contribution in [1.29, 1.82) is 0 Å². The van der Waals surface area contributed by atoms with Crippen molar-refractivity contribution in [3.63, 3.8) is 0 Å². The molecule has 2 unspecified atom stereocenters. The highest BCUT2D eigenvalue weighted by molar-refractivity contribution is 7.93. The van der Waals surface area contributed by atoms with Crippen molar-refractivity contribution in [2.45, 2.75) is 34.5 Å². The standard InChI is InChI=1S/C28H24N2O4S2/c31-35(32,21-9-3-1-4-10-21)29-27-23-13-7-8-14-24(23)28(26-20-17-15-19(16-18-20)25(26)27)30-36(33,34)22-11-5-2-6-12-22/h1-15,17,19-20,29-30H,16,18H2. The molecule has 182 valence electrons. The maximum Gasteiger partial charge on any atom is 0.261 e. The highest BCUT2D eigenvalue weighted by atomic mass is 32.2. The van der Waals surface area contributed by atoms with Gasteiger partial charge in [0.25, 0.3) is 20.0 Å². The fraction of sp³-hybridized carbons (Fsp3) is 0.143. The minimum absolute atomic E-state index is 0.0111. The summed E-state index contributed by atoms with van der Waals surface area (Å²) in [5.41, 5.74) is 2.73. The predicted molar refractivity (Wildman–Crippen MR) is 142 cm³/mol. The van der Waals surface area contributed by atoms with Gasteiger partial charge in [-0.15, -0.1) is 0 Å². The summed E-state index contributed by atoms with van der Waals surface area (Å²) < 4.78 is 59.3. The van der Waals surface area contributed by atoms with Gasteiger partial charge < -0.3 is 0 Å². The average molecular weight is 517 g/mol. The molecule has 0 heterocycles. The van der Waals surface area contributed by atoms with E-state index < -0.39 is 20.0 Å². The normalized spacial score (nSPS) is 18.7. The summed E-state index contributed by atoms with van der Waals surface area (Å²) in [6.45, 7) is 0. The first kappa shape index (κ1) is 22.8. The minimum atomic E-state index is -3.86. The van der Waals surface area contributed by atoms with Crippen molar-refractivity contribution >= 4 is 42.2 Å². The molecule has 2 atom stereocenters. The zero-order valence-corrected chi connectivity index (χ0v) is 20.9. The van der Waals surface area contributed by atoms with Crippen molar-refractivity contribution in [2.75, 3.05) is 9.44 Å². The monoisotopic (exact) mass is 516 g/mol. The number of rotatable bonds is 6. The van der Waals surface area contributed by atoms with Gasteiger partial charge in [-0.3, -0.25) is 9.44 Å². The van der Waals surface area contributed by atoms with Crippen molar-refractivity contribution in [1.82, 2.24) is 0 Å². The van der Waals surface area contributed by atoms with Crippen LogP contribution in [0.4, 0.5) is 11.4 Å². The molecule has 2 bridgehead atoms. The number of allylic oxidation sites excluding steroid dienone is 2. The lowest BCUT2D eigenvalue weighted by molar-refractivity contribution is 0.556. The van der Waals surface area contributed by atoms with Crippen molar-refractivity contribution < 1.29 is 16.8 Å². The summed E-state index contributed by atoms with van der Waals surface area (Å²) in [7, 11) is -7.72. The third-order valence-corrected chi connectivity index (χ3v) is 9.71. The topological polar surface area (TPSA) is 92.3 Å². The SMILES string of the molecule is O=S(=O)(Nc1c2c(c(NS(=O)(=O)c3ccccc3)c3ccccc13)C1C=CC2CC1)c1ccccc1. The third-order valence-electron chi connectivity index (χ3n) is 6.98. The molecule has 6 nitrogen and oxygen atoms in total. The van der Waals surface area contributed by atoms with Crippen LogP contribution in [0, 0.1) is 0 Å². The lowest BCUT2D eigenvalue weighted by Crippen LogP contribution is -2.25. The van der Waals surface area contributed by atoms with E-state index >= 15 is 0 Å². The van der Waals surface area contributed by atoms with Crippen LogP contribution in [0.3, 0.4) is 0 Å². The first-order chi connectivity index (χ1) is 17.4. The molecular weight excluding hydrogens is 492 g/mol. The average Bonchev–Trinajstić information content (AvgIpc) is 2.92. The number of sulfonamides is 2. The summed E-state index contributed by atoms with van der Waals surface area (Å²) in [6, 6.07) is 23.9. The Morgan fingerprint density at radius 2 is 0.889 bits per heavy atom. The summed E-state index contributed by atoms with van der Waals surface area (Å²) in [5, 5.41) is 1.31. The van der Waals surface area contributed by atoms with Crippen LogP contribution >= 0.6 is 0 Å². The van der Waals surface area contributed by atoms with Crippen LogP contribution in [0.15, 0.2) is 107 Å². The van der Waals surface area contributed by atoms with E-state index in [1.54, 1.807) is 60.7 Å². The van der Waals surface area contributed by atoms with Gasteiger partial charge in [-0.2, -0.15) is 0 Å². The van der Waals surface area contributed by atoms with Crippen LogP contribution in [0.25, 0.3) is 10.8 Å². The number of fused-ring (bicyclic) bond motifs is 2. The Morgan fingerprint density at radius 3 is 1.25 bits per heavy atom. The number of hydrogen-bond donors (Lipinski definition) is 2. The molecule has 0 saturated carbocycles. The Labute approximate surface area is 210 Å². The number of nitrogens with one attached hydrogen (secondary N) is 2. The molecule has 0 saturated heterocycles. The second-order valence-electron chi connectivity index (χ2n) is 9.14. The largest absolute Gasteiger partial charge is 0.279 e. The summed E-state index contributed by atoms with van der Waals surface area (Å²) in [4.78, 5) is 0.349. The lowest BCUT2D eigenvalue weighted by atomic mass is 9.69. The van der Waals surface area contributed by atoms with Crippen molar-refractivity contribution in [3.05, 3.63) is 108 Å². The van der Waals surface area contributed by atoms with Crippen LogP contribution in [0.1, 0.15) is 35.8 Å². The zero-order valence-electron chi connectivity index (χ0n) is 19.3. The van der Waals surface area contributed by atoms with Crippen LogP contribution in [-0.4, -0.2) is 16.8 Å². The van der Waals surface area contributed by atoms with E-state index in [0.29, 0.717) is 22.1 Å². The Morgan fingerprint density at radius 1 is 0.528 bits per heavy atom. The van der Waals surface area contributed by atoms with E-state index in [1.807, 2.05) is 24.3 Å². The Balaban J connectivity index is 1.59. The summed E-state index contributed by atoms with van der Waals surface area (Å²) >= 11 is 0. The van der Waals surface area contributed by atoms with Crippen molar-refractivity contribution in [3.8, 4) is 0 Å². The van der Waals surface area contributed by atoms with E-state index in [4.69, 9.17) is 0 Å². The molecule has 0 fully saturated rings. The van der Waals surface area contributed by atoms with Crippen LogP contribution in [-0.2, 0) is 20.0 Å². The second kappa shape index (κ2) is 8.50. The van der Waals surface area contributed by atoms with Gasteiger partial charge in [0.05, 0.1) is 21.2 Å². The molecule has 36 heavy (non-hydrogen) atoms. The smallest absolute Gasteiger partial charge is 0.261 e. The molecule has 0 aliphatic heterocycles. The molecule has 3 aliphatic rings. The molecule has 4 aromatic carbocycles. The van der Waals surface area contributed by atoms with Gasteiger partial charge in [0, 0.05) is 22.6 Å². The summed E-state index contributed by atoms with van der Waals surface area (Å²) in [6.07, 6.45) is 5.97. The molecule has 4 aromatic rings. The van der Waals surface area contributed by atoms with E-state index in [0.717, 1.165) is 24.0 Å². The van der Waals surface area contributed by atoms with E-state index in [2.05, 4.69) is 21.6 Å². The first-order valence-corrected chi connectivity index (χ1v) is 14.7. The minimum Gasteiger partial charge on any atom is -0.279 e. The van der Waals surface area contributed by atoms with Gasteiger partial charge >= 0.3 is 0 Å². The molecule has 0 spiro atoms. The fourth-order valence-corrected chi connectivity index (χ4v) is 7.60. The number of anilines is 2. The van der Waals surface area contributed by atoms with Gasteiger partial charge in [-0.05, 0) is 48.2 Å². The Hall–Kier alpha value is -3.62. The van der Waals surface area contributed by atoms with Gasteiger partial charge in [0.2, 0.25) is 0 Å². The Kier molecular flexibility index (Phi) is 5.39. The van der Waals surface area contributed by atoms with Gasteiger partial charge in [-0.25, -0.2) is 16.8 Å². The molecule has 3 aliphatic carbocycles. The van der Waals surface area contributed by atoms with Crippen LogP contribution < -0.4 is 9.44 Å². The van der Waals surface area contributed by atoms with Crippen LogP contribution in [0.2, 0.25) is 0 Å². The second-order valence-corrected chi connectivity index (χ2v) is 12.5. The van der Waals surface area contributed by atoms with Gasteiger partial charge in [0.1, 0.15) is 0 Å². The number of benzene rings is 4. The molecular formula is C28H24N2O4S2. The molecule has 0 radical (unpaired) electrons. The molecule has 8 heteroatoms. The van der Waals surface area contributed by atoms with Crippen LogP contribution in [0.5, 0.6) is 0 Å². The maximum absolute atomic E-state index is 13.4. The highest BCUT2D eigenvalue weighted by Crippen LogP contribution is 2.54. The summed E-state index contributed by atoms with van der Waals surface area (Å²) in [5.74, 6) is -0.0221. The predicted octanol–water partition coefficient (Wildman–Crippen LogP) is 5.97. The number of hydrogen-bond acceptors (Lipinski definition) is 4. The molecule has 0 amide bonds. The Bertz CT molecular complexity index is 1590. The van der Waals surface area contributed by atoms with E-state index in [-0.39, 0.29) is 21.6 Å². The van der Waals surface area contributed by atoms with Gasteiger partial charge in [0.15, 0.2) is 0 Å². The molecule has 7 rings (SSSR count). The van der Waals surface area contributed by atoms with Crippen molar-refractivity contribution in [2.24, 2.45) is 0 Å². The zero-order chi connectivity index (χ0) is 24.9. The molecule has 0 aromatic heterocycles. The third kappa shape index (κ3) is 3.77. The first-order valence-electron chi connectivity index (χ1n) is 11.8. The van der Waals surface area contributed by atoms with E-state index in [9.17, 15) is 16.8 Å².